The highest BCUT2D eigenvalue weighted by Gasteiger charge is 2.12. The van der Waals surface area contributed by atoms with E-state index in [1.54, 1.807) is 12.4 Å². The smallest absolute Gasteiger partial charge is 0.147 e. The lowest BCUT2D eigenvalue weighted by atomic mass is 10.1. The molecule has 0 saturated carbocycles. The predicted molar refractivity (Wildman–Crippen MR) is 73.1 cm³/mol. The molecule has 0 aromatic carbocycles. The van der Waals surface area contributed by atoms with E-state index in [4.69, 9.17) is 5.73 Å². The van der Waals surface area contributed by atoms with Crippen LogP contribution in [0.5, 0.6) is 0 Å². The second kappa shape index (κ2) is 4.97. The second-order valence-corrected chi connectivity index (χ2v) is 4.59. The van der Waals surface area contributed by atoms with E-state index in [1.165, 1.54) is 11.5 Å². The molecule has 0 saturated heterocycles. The molecule has 0 spiro atoms. The largest absolute Gasteiger partial charge is 0.382 e. The van der Waals surface area contributed by atoms with E-state index in [2.05, 4.69) is 21.3 Å². The van der Waals surface area contributed by atoms with Crippen molar-refractivity contribution in [2.24, 2.45) is 0 Å². The first-order chi connectivity index (χ1) is 8.18. The first-order valence-corrected chi connectivity index (χ1v) is 5.99. The lowest BCUT2D eigenvalue weighted by Crippen LogP contribution is -2.01. The van der Waals surface area contributed by atoms with Gasteiger partial charge in [0.15, 0.2) is 0 Å². The normalized spacial score (nSPS) is 10.2. The molecule has 0 aliphatic carbocycles. The van der Waals surface area contributed by atoms with Crippen molar-refractivity contribution >= 4 is 22.4 Å². The molecule has 0 amide bonds. The van der Waals surface area contributed by atoms with Crippen LogP contribution in [0.1, 0.15) is 6.92 Å². The summed E-state index contributed by atoms with van der Waals surface area (Å²) in [6.07, 6.45) is 3.49. The minimum atomic E-state index is 0.547. The van der Waals surface area contributed by atoms with E-state index in [-0.39, 0.29) is 0 Å². The lowest BCUT2D eigenvalue weighted by Gasteiger charge is -2.06. The fourth-order valence-corrected chi connectivity index (χ4v) is 2.18. The molecule has 2 heterocycles. The number of pyridine rings is 1. The highest BCUT2D eigenvalue weighted by Crippen LogP contribution is 2.36. The third-order valence-electron chi connectivity index (χ3n) is 2.24. The van der Waals surface area contributed by atoms with Crippen LogP contribution in [0.4, 0.5) is 10.8 Å². The molecule has 2 rings (SSSR count). The van der Waals surface area contributed by atoms with Crippen molar-refractivity contribution in [1.82, 2.24) is 9.36 Å². The van der Waals surface area contributed by atoms with Crippen molar-refractivity contribution in [3.05, 3.63) is 36.7 Å². The Hall–Kier alpha value is -1.88. The zero-order valence-corrected chi connectivity index (χ0v) is 10.4. The Labute approximate surface area is 104 Å². The summed E-state index contributed by atoms with van der Waals surface area (Å²) < 4.78 is 4.18. The molecule has 3 N–H and O–H groups in total. The van der Waals surface area contributed by atoms with E-state index in [0.29, 0.717) is 5.82 Å². The first kappa shape index (κ1) is 11.6. The van der Waals surface area contributed by atoms with Crippen LogP contribution >= 0.6 is 11.5 Å². The Morgan fingerprint density at radius 2 is 2.18 bits per heavy atom. The van der Waals surface area contributed by atoms with Gasteiger partial charge in [0.2, 0.25) is 0 Å². The van der Waals surface area contributed by atoms with Gasteiger partial charge in [-0.1, -0.05) is 12.2 Å². The van der Waals surface area contributed by atoms with E-state index >= 15 is 0 Å². The van der Waals surface area contributed by atoms with Gasteiger partial charge in [0, 0.05) is 18.9 Å². The van der Waals surface area contributed by atoms with E-state index in [1.807, 2.05) is 19.1 Å². The number of nitrogen functional groups attached to an aromatic ring is 1. The standard InChI is InChI=1S/C12H14N4S/c1-8(2)7-15-12-10(11(13)16-17-12)9-3-5-14-6-4-9/h3-6,15H,1,7H2,2H3,(H2,13,16). The number of aromatic nitrogens is 2. The van der Waals surface area contributed by atoms with Gasteiger partial charge in [0.05, 0.1) is 5.56 Å². The number of rotatable bonds is 4. The lowest BCUT2D eigenvalue weighted by molar-refractivity contribution is 1.23. The molecule has 0 unspecified atom stereocenters. The van der Waals surface area contributed by atoms with Gasteiger partial charge in [-0.25, -0.2) is 0 Å². The minimum Gasteiger partial charge on any atom is -0.382 e. The van der Waals surface area contributed by atoms with Crippen LogP contribution in [0.25, 0.3) is 11.1 Å². The molecule has 5 heteroatoms. The average molecular weight is 246 g/mol. The molecule has 0 aliphatic rings. The Bertz CT molecular complexity index is 519. The van der Waals surface area contributed by atoms with Gasteiger partial charge in [-0.05, 0) is 36.2 Å². The number of hydrogen-bond donors (Lipinski definition) is 2. The van der Waals surface area contributed by atoms with Gasteiger partial charge in [0.25, 0.3) is 0 Å². The molecule has 2 aromatic rings. The summed E-state index contributed by atoms with van der Waals surface area (Å²) in [6, 6.07) is 3.85. The fourth-order valence-electron chi connectivity index (χ4n) is 1.45. The molecule has 0 atom stereocenters. The quantitative estimate of drug-likeness (QED) is 0.814. The van der Waals surface area contributed by atoms with E-state index in [0.717, 1.165) is 28.2 Å². The van der Waals surface area contributed by atoms with Crippen molar-refractivity contribution in [3.63, 3.8) is 0 Å². The van der Waals surface area contributed by atoms with Crippen LogP contribution in [0.15, 0.2) is 36.7 Å². The third-order valence-corrected chi connectivity index (χ3v) is 3.06. The number of anilines is 2. The Kier molecular flexibility index (Phi) is 3.39. The second-order valence-electron chi connectivity index (χ2n) is 3.82. The summed E-state index contributed by atoms with van der Waals surface area (Å²) in [4.78, 5) is 4.00. The summed E-state index contributed by atoms with van der Waals surface area (Å²) in [7, 11) is 0. The molecule has 4 nitrogen and oxygen atoms in total. The first-order valence-electron chi connectivity index (χ1n) is 5.22. The van der Waals surface area contributed by atoms with Crippen LogP contribution in [0, 0.1) is 0 Å². The molecule has 0 radical (unpaired) electrons. The van der Waals surface area contributed by atoms with Gasteiger partial charge in [-0.3, -0.25) is 4.98 Å². The van der Waals surface area contributed by atoms with E-state index < -0.39 is 0 Å². The summed E-state index contributed by atoms with van der Waals surface area (Å²) in [5.74, 6) is 0.547. The third kappa shape index (κ3) is 2.62. The number of nitrogens with one attached hydrogen (secondary N) is 1. The van der Waals surface area contributed by atoms with Crippen molar-refractivity contribution in [2.45, 2.75) is 6.92 Å². The predicted octanol–water partition coefficient (Wildman–Crippen LogP) is 2.78. The maximum Gasteiger partial charge on any atom is 0.147 e. The van der Waals surface area contributed by atoms with Crippen molar-refractivity contribution in [2.75, 3.05) is 17.6 Å². The zero-order valence-electron chi connectivity index (χ0n) is 9.60. The molecule has 0 fully saturated rings. The molecular weight excluding hydrogens is 232 g/mol. The molecule has 0 bridgehead atoms. The van der Waals surface area contributed by atoms with Crippen molar-refractivity contribution in [1.29, 1.82) is 0 Å². The minimum absolute atomic E-state index is 0.547. The van der Waals surface area contributed by atoms with Crippen LogP contribution in [-0.2, 0) is 0 Å². The molecule has 17 heavy (non-hydrogen) atoms. The van der Waals surface area contributed by atoms with Gasteiger partial charge >= 0.3 is 0 Å². The van der Waals surface area contributed by atoms with Gasteiger partial charge in [-0.2, -0.15) is 4.37 Å². The van der Waals surface area contributed by atoms with Gasteiger partial charge < -0.3 is 11.1 Å². The summed E-state index contributed by atoms with van der Waals surface area (Å²) in [5, 5.41) is 4.26. The molecule has 0 aliphatic heterocycles. The number of nitrogens with two attached hydrogens (primary N) is 1. The summed E-state index contributed by atoms with van der Waals surface area (Å²) in [5.41, 5.74) is 8.93. The Morgan fingerprint density at radius 1 is 1.47 bits per heavy atom. The van der Waals surface area contributed by atoms with Crippen LogP contribution in [0.2, 0.25) is 0 Å². The number of nitrogens with zero attached hydrogens (tertiary/aromatic N) is 2. The number of hydrogen-bond acceptors (Lipinski definition) is 5. The summed E-state index contributed by atoms with van der Waals surface area (Å²) >= 11 is 1.37. The summed E-state index contributed by atoms with van der Waals surface area (Å²) in [6.45, 7) is 6.56. The van der Waals surface area contributed by atoms with E-state index in [9.17, 15) is 0 Å². The maximum absolute atomic E-state index is 5.90. The highest BCUT2D eigenvalue weighted by molar-refractivity contribution is 7.11. The monoisotopic (exact) mass is 246 g/mol. The van der Waals surface area contributed by atoms with Crippen LogP contribution in [-0.4, -0.2) is 15.9 Å². The Morgan fingerprint density at radius 3 is 2.82 bits per heavy atom. The van der Waals surface area contributed by atoms with Crippen LogP contribution in [0.3, 0.4) is 0 Å². The van der Waals surface area contributed by atoms with Gasteiger partial charge in [-0.15, -0.1) is 0 Å². The highest BCUT2D eigenvalue weighted by atomic mass is 32.1. The SMILES string of the molecule is C=C(C)CNc1snc(N)c1-c1ccncc1. The van der Waals surface area contributed by atoms with Crippen LogP contribution < -0.4 is 11.1 Å². The van der Waals surface area contributed by atoms with Crippen molar-refractivity contribution < 1.29 is 0 Å². The zero-order chi connectivity index (χ0) is 12.3. The Balaban J connectivity index is 2.33. The van der Waals surface area contributed by atoms with Crippen molar-refractivity contribution in [3.8, 4) is 11.1 Å². The molecule has 88 valence electrons. The molecule has 2 aromatic heterocycles. The average Bonchev–Trinajstić information content (AvgIpc) is 2.69. The fraction of sp³-hybridized carbons (Fsp3) is 0.167. The van der Waals surface area contributed by atoms with Gasteiger partial charge in [0.1, 0.15) is 10.8 Å². The maximum atomic E-state index is 5.90. The topological polar surface area (TPSA) is 63.8 Å². The molecular formula is C12H14N4S.